The number of hydrogen-bond acceptors (Lipinski definition) is 5. The molecule has 0 unspecified atom stereocenters. The third kappa shape index (κ3) is 3.12. The molecule has 1 saturated heterocycles. The zero-order valence-corrected chi connectivity index (χ0v) is 17.7. The topological polar surface area (TPSA) is 92.1 Å². The van der Waals surface area contributed by atoms with Crippen LogP contribution in [-0.4, -0.2) is 60.7 Å². The van der Waals surface area contributed by atoms with E-state index in [4.69, 9.17) is 0 Å². The Morgan fingerprint density at radius 1 is 0.935 bits per heavy atom. The molecule has 3 heterocycles. The standard InChI is InChI=1S/C22H20N4O4S/c1-24-14-18(15-6-2-3-7-16(15)21(24)27)22(28)26-12-10-25(11-13-26)20-17-8-4-5-9-19(17)31(29,30)23-20/h2-9,14H,10-13H2,1H3. The van der Waals surface area contributed by atoms with Crippen LogP contribution in [0.3, 0.4) is 0 Å². The van der Waals surface area contributed by atoms with Crippen LogP contribution < -0.4 is 5.56 Å². The van der Waals surface area contributed by atoms with Gasteiger partial charge in [-0.15, -0.1) is 4.40 Å². The highest BCUT2D eigenvalue weighted by molar-refractivity contribution is 7.90. The minimum Gasteiger partial charge on any atom is -0.352 e. The van der Waals surface area contributed by atoms with Gasteiger partial charge in [0.15, 0.2) is 5.84 Å². The molecule has 5 rings (SSSR count). The summed E-state index contributed by atoms with van der Waals surface area (Å²) in [5, 5.41) is 1.15. The number of piperazine rings is 1. The van der Waals surface area contributed by atoms with E-state index in [9.17, 15) is 18.0 Å². The van der Waals surface area contributed by atoms with E-state index in [2.05, 4.69) is 4.40 Å². The monoisotopic (exact) mass is 436 g/mol. The quantitative estimate of drug-likeness (QED) is 0.576. The number of pyridine rings is 1. The highest BCUT2D eigenvalue weighted by atomic mass is 32.2. The second-order valence-electron chi connectivity index (χ2n) is 7.67. The van der Waals surface area contributed by atoms with Crippen molar-refractivity contribution in [2.45, 2.75) is 4.90 Å². The fourth-order valence-electron chi connectivity index (χ4n) is 4.19. The van der Waals surface area contributed by atoms with Crippen molar-refractivity contribution in [3.63, 3.8) is 0 Å². The number of hydrogen-bond donors (Lipinski definition) is 0. The molecule has 0 atom stereocenters. The molecular weight excluding hydrogens is 416 g/mol. The average Bonchev–Trinajstić information content (AvgIpc) is 3.07. The smallest absolute Gasteiger partial charge is 0.285 e. The highest BCUT2D eigenvalue weighted by Crippen LogP contribution is 2.28. The van der Waals surface area contributed by atoms with Gasteiger partial charge in [-0.05, 0) is 18.2 Å². The minimum absolute atomic E-state index is 0.143. The molecule has 0 N–H and O–H groups in total. The third-order valence-electron chi connectivity index (χ3n) is 5.80. The Morgan fingerprint density at radius 3 is 2.32 bits per heavy atom. The van der Waals surface area contributed by atoms with Crippen molar-refractivity contribution < 1.29 is 13.2 Å². The minimum atomic E-state index is -3.68. The first-order valence-electron chi connectivity index (χ1n) is 9.94. The van der Waals surface area contributed by atoms with Gasteiger partial charge >= 0.3 is 0 Å². The lowest BCUT2D eigenvalue weighted by Gasteiger charge is -2.36. The summed E-state index contributed by atoms with van der Waals surface area (Å²) in [5.41, 5.74) is 0.944. The maximum atomic E-state index is 13.3. The number of rotatable bonds is 1. The number of benzene rings is 2. The molecule has 8 nitrogen and oxygen atoms in total. The first kappa shape index (κ1) is 19.5. The Kier molecular flexibility index (Phi) is 4.44. The maximum Gasteiger partial charge on any atom is 0.285 e. The Balaban J connectivity index is 1.40. The lowest BCUT2D eigenvalue weighted by molar-refractivity contribution is 0.0693. The summed E-state index contributed by atoms with van der Waals surface area (Å²) >= 11 is 0. The Hall–Kier alpha value is -3.46. The lowest BCUT2D eigenvalue weighted by atomic mass is 10.1. The molecule has 2 aliphatic heterocycles. The number of carbonyl (C=O) groups is 1. The molecule has 2 aromatic carbocycles. The lowest BCUT2D eigenvalue weighted by Crippen LogP contribution is -2.50. The number of fused-ring (bicyclic) bond motifs is 2. The van der Waals surface area contributed by atoms with E-state index < -0.39 is 10.0 Å². The molecule has 158 valence electrons. The zero-order chi connectivity index (χ0) is 21.8. The average molecular weight is 436 g/mol. The number of aryl methyl sites for hydroxylation is 1. The van der Waals surface area contributed by atoms with Crippen molar-refractivity contribution in [3.8, 4) is 0 Å². The summed E-state index contributed by atoms with van der Waals surface area (Å²) in [7, 11) is -2.04. The van der Waals surface area contributed by atoms with Gasteiger partial charge in [-0.2, -0.15) is 8.42 Å². The van der Waals surface area contributed by atoms with E-state index in [-0.39, 0.29) is 16.4 Å². The highest BCUT2D eigenvalue weighted by Gasteiger charge is 2.33. The van der Waals surface area contributed by atoms with E-state index in [0.717, 1.165) is 0 Å². The van der Waals surface area contributed by atoms with Gasteiger partial charge in [-0.3, -0.25) is 9.59 Å². The van der Waals surface area contributed by atoms with E-state index in [1.807, 2.05) is 11.0 Å². The Labute approximate surface area is 179 Å². The summed E-state index contributed by atoms with van der Waals surface area (Å²) in [4.78, 5) is 29.5. The third-order valence-corrected chi connectivity index (χ3v) is 7.13. The molecule has 0 spiro atoms. The molecule has 3 aromatic rings. The molecule has 0 radical (unpaired) electrons. The van der Waals surface area contributed by atoms with Crippen LogP contribution >= 0.6 is 0 Å². The Morgan fingerprint density at radius 2 is 1.58 bits per heavy atom. The first-order valence-corrected chi connectivity index (χ1v) is 11.4. The maximum absolute atomic E-state index is 13.3. The van der Waals surface area contributed by atoms with Crippen molar-refractivity contribution in [2.75, 3.05) is 26.2 Å². The normalized spacial score (nSPS) is 17.5. The predicted molar refractivity (Wildman–Crippen MR) is 117 cm³/mol. The van der Waals surface area contributed by atoms with Crippen LogP contribution in [0, 0.1) is 0 Å². The van der Waals surface area contributed by atoms with Crippen LogP contribution in [0.4, 0.5) is 0 Å². The van der Waals surface area contributed by atoms with Crippen LogP contribution in [0.5, 0.6) is 0 Å². The fourth-order valence-corrected chi connectivity index (χ4v) is 5.42. The molecule has 1 amide bonds. The van der Waals surface area contributed by atoms with Gasteiger partial charge in [0.2, 0.25) is 0 Å². The summed E-state index contributed by atoms with van der Waals surface area (Å²) in [6.45, 7) is 1.80. The van der Waals surface area contributed by atoms with Crippen molar-refractivity contribution >= 4 is 32.5 Å². The van der Waals surface area contributed by atoms with Crippen LogP contribution in [0.25, 0.3) is 10.8 Å². The summed E-state index contributed by atoms with van der Waals surface area (Å²) in [6.07, 6.45) is 1.59. The van der Waals surface area contributed by atoms with Gasteiger partial charge < -0.3 is 14.4 Å². The van der Waals surface area contributed by atoms with Crippen LogP contribution in [-0.2, 0) is 17.1 Å². The summed E-state index contributed by atoms with van der Waals surface area (Å²) < 4.78 is 30.1. The van der Waals surface area contributed by atoms with Crippen molar-refractivity contribution in [3.05, 3.63) is 76.2 Å². The number of amides is 1. The number of aromatic nitrogens is 1. The van der Waals surface area contributed by atoms with E-state index in [1.54, 1.807) is 60.6 Å². The van der Waals surface area contributed by atoms with E-state index in [0.29, 0.717) is 53.9 Å². The largest absolute Gasteiger partial charge is 0.352 e. The predicted octanol–water partition coefficient (Wildman–Crippen LogP) is 1.45. The second-order valence-corrected chi connectivity index (χ2v) is 9.24. The molecule has 2 aliphatic rings. The molecule has 0 saturated carbocycles. The number of amidine groups is 1. The molecular formula is C22H20N4O4S. The van der Waals surface area contributed by atoms with Crippen LogP contribution in [0.15, 0.2) is 68.8 Å². The number of carbonyl (C=O) groups excluding carboxylic acids is 1. The molecule has 0 aliphatic carbocycles. The molecule has 0 bridgehead atoms. The van der Waals surface area contributed by atoms with Gasteiger partial charge in [0.05, 0.1) is 5.56 Å². The van der Waals surface area contributed by atoms with Gasteiger partial charge in [-0.1, -0.05) is 30.3 Å². The van der Waals surface area contributed by atoms with Gasteiger partial charge in [0, 0.05) is 55.8 Å². The molecule has 1 fully saturated rings. The molecule has 1 aromatic heterocycles. The molecule has 9 heteroatoms. The summed E-state index contributed by atoms with van der Waals surface area (Å²) in [6, 6.07) is 13.9. The van der Waals surface area contributed by atoms with E-state index >= 15 is 0 Å². The molecule has 31 heavy (non-hydrogen) atoms. The van der Waals surface area contributed by atoms with Gasteiger partial charge in [0.25, 0.3) is 21.5 Å². The SMILES string of the molecule is Cn1cc(C(=O)N2CCN(C3=NS(=O)(=O)c4ccccc43)CC2)c2ccccc2c1=O. The first-order chi connectivity index (χ1) is 14.9. The number of sulfonamides is 1. The van der Waals surface area contributed by atoms with Crippen LogP contribution in [0.2, 0.25) is 0 Å². The number of nitrogens with zero attached hydrogens (tertiary/aromatic N) is 4. The fraction of sp³-hybridized carbons (Fsp3) is 0.227. The summed E-state index contributed by atoms with van der Waals surface area (Å²) in [5.74, 6) is 0.295. The van der Waals surface area contributed by atoms with Crippen molar-refractivity contribution in [1.29, 1.82) is 0 Å². The van der Waals surface area contributed by atoms with E-state index in [1.165, 1.54) is 4.57 Å². The van der Waals surface area contributed by atoms with Gasteiger partial charge in [-0.25, -0.2) is 0 Å². The zero-order valence-electron chi connectivity index (χ0n) is 16.9. The van der Waals surface area contributed by atoms with Crippen molar-refractivity contribution in [1.82, 2.24) is 14.4 Å². The van der Waals surface area contributed by atoms with Gasteiger partial charge in [0.1, 0.15) is 4.90 Å². The Bertz CT molecular complexity index is 1420. The second kappa shape index (κ2) is 7.05. The van der Waals surface area contributed by atoms with Crippen LogP contribution in [0.1, 0.15) is 15.9 Å². The van der Waals surface area contributed by atoms with Crippen molar-refractivity contribution in [2.24, 2.45) is 11.4 Å².